The van der Waals surface area contributed by atoms with Crippen LogP contribution in [0.1, 0.15) is 36.5 Å². The van der Waals surface area contributed by atoms with Crippen molar-refractivity contribution in [2.24, 2.45) is 5.92 Å². The molecular formula is C17H23ClN2O2. The normalized spacial score (nSPS) is 25.3. The minimum atomic E-state index is -0.0792. The van der Waals surface area contributed by atoms with E-state index in [2.05, 4.69) is 11.8 Å². The van der Waals surface area contributed by atoms with Crippen molar-refractivity contribution in [3.63, 3.8) is 0 Å². The number of rotatable bonds is 3. The summed E-state index contributed by atoms with van der Waals surface area (Å²) in [6, 6.07) is 5.17. The largest absolute Gasteiger partial charge is 0.507 e. The molecule has 120 valence electrons. The summed E-state index contributed by atoms with van der Waals surface area (Å²) < 4.78 is 0. The summed E-state index contributed by atoms with van der Waals surface area (Å²) in [5, 5.41) is 10.4. The summed E-state index contributed by atoms with van der Waals surface area (Å²) in [5.41, 5.74) is 0.354. The molecule has 0 radical (unpaired) electrons. The van der Waals surface area contributed by atoms with Gasteiger partial charge in [-0.15, -0.1) is 0 Å². The fourth-order valence-corrected chi connectivity index (χ4v) is 3.93. The van der Waals surface area contributed by atoms with E-state index in [9.17, 15) is 9.90 Å². The summed E-state index contributed by atoms with van der Waals surface area (Å²) in [4.78, 5) is 17.2. The second-order valence-corrected chi connectivity index (χ2v) is 6.90. The van der Waals surface area contributed by atoms with Crippen molar-refractivity contribution < 1.29 is 9.90 Å². The van der Waals surface area contributed by atoms with Gasteiger partial charge in [-0.1, -0.05) is 18.5 Å². The average Bonchev–Trinajstić information content (AvgIpc) is 2.79. The van der Waals surface area contributed by atoms with Crippen molar-refractivity contribution in [3.8, 4) is 5.75 Å². The molecule has 3 aliphatic rings. The average molecular weight is 323 g/mol. The molecular weight excluding hydrogens is 300 g/mol. The first-order valence-electron chi connectivity index (χ1n) is 8.10. The van der Waals surface area contributed by atoms with Crippen molar-refractivity contribution in [1.29, 1.82) is 0 Å². The third-order valence-corrected chi connectivity index (χ3v) is 5.05. The summed E-state index contributed by atoms with van der Waals surface area (Å²) in [6.07, 6.45) is 3.51. The van der Waals surface area contributed by atoms with Crippen LogP contribution in [0.3, 0.4) is 0 Å². The Morgan fingerprint density at radius 1 is 1.32 bits per heavy atom. The van der Waals surface area contributed by atoms with Gasteiger partial charge in [0.05, 0.1) is 5.56 Å². The maximum absolute atomic E-state index is 12.8. The molecule has 2 atom stereocenters. The topological polar surface area (TPSA) is 43.8 Å². The lowest BCUT2D eigenvalue weighted by Gasteiger charge is -2.35. The van der Waals surface area contributed by atoms with Gasteiger partial charge in [-0.25, -0.2) is 0 Å². The molecule has 0 unspecified atom stereocenters. The quantitative estimate of drug-likeness (QED) is 0.930. The van der Waals surface area contributed by atoms with Crippen LogP contribution in [-0.4, -0.2) is 53.0 Å². The molecule has 2 bridgehead atoms. The number of benzene rings is 1. The van der Waals surface area contributed by atoms with Crippen molar-refractivity contribution in [3.05, 3.63) is 28.8 Å². The Bertz CT molecular complexity index is 564. The van der Waals surface area contributed by atoms with Crippen molar-refractivity contribution >= 4 is 17.5 Å². The van der Waals surface area contributed by atoms with E-state index in [0.717, 1.165) is 32.6 Å². The van der Waals surface area contributed by atoms with Gasteiger partial charge in [0.15, 0.2) is 0 Å². The number of hydrogen-bond acceptors (Lipinski definition) is 3. The first kappa shape index (κ1) is 15.6. The van der Waals surface area contributed by atoms with Crippen LogP contribution in [-0.2, 0) is 0 Å². The number of phenols is 1. The van der Waals surface area contributed by atoms with Crippen LogP contribution in [0.2, 0.25) is 5.02 Å². The van der Waals surface area contributed by atoms with Crippen LogP contribution in [0, 0.1) is 5.92 Å². The molecule has 4 nitrogen and oxygen atoms in total. The molecule has 1 aromatic carbocycles. The summed E-state index contributed by atoms with van der Waals surface area (Å²) in [7, 11) is 0. The van der Waals surface area contributed by atoms with E-state index >= 15 is 0 Å². The predicted molar refractivity (Wildman–Crippen MR) is 87.4 cm³/mol. The highest BCUT2D eigenvalue weighted by molar-refractivity contribution is 6.30. The zero-order chi connectivity index (χ0) is 15.7. The Morgan fingerprint density at radius 2 is 2.14 bits per heavy atom. The highest BCUT2D eigenvalue weighted by Crippen LogP contribution is 2.30. The Balaban J connectivity index is 1.79. The summed E-state index contributed by atoms with van der Waals surface area (Å²) >= 11 is 5.85. The monoisotopic (exact) mass is 322 g/mol. The first-order chi connectivity index (χ1) is 10.6. The van der Waals surface area contributed by atoms with Gasteiger partial charge in [-0.3, -0.25) is 9.69 Å². The van der Waals surface area contributed by atoms with E-state index in [1.54, 1.807) is 12.1 Å². The molecule has 3 fully saturated rings. The third-order valence-electron chi connectivity index (χ3n) is 4.82. The highest BCUT2D eigenvalue weighted by Gasteiger charge is 2.36. The van der Waals surface area contributed by atoms with Crippen LogP contribution in [0.4, 0.5) is 0 Å². The molecule has 5 heteroatoms. The van der Waals surface area contributed by atoms with Gasteiger partial charge in [-0.05, 0) is 49.9 Å². The number of nitrogens with zero attached hydrogens (tertiary/aromatic N) is 2. The maximum atomic E-state index is 12.8. The minimum absolute atomic E-state index is 0.0282. The maximum Gasteiger partial charge on any atom is 0.257 e. The third kappa shape index (κ3) is 3.08. The number of phenolic OH excluding ortho intramolecular Hbond substituents is 1. The Kier molecular flexibility index (Phi) is 4.59. The number of carbonyl (C=O) groups excluding carboxylic acids is 1. The molecule has 0 aliphatic carbocycles. The molecule has 22 heavy (non-hydrogen) atoms. The number of carbonyl (C=O) groups is 1. The molecule has 3 saturated heterocycles. The van der Waals surface area contributed by atoms with Crippen LogP contribution >= 0.6 is 11.6 Å². The second kappa shape index (κ2) is 6.47. The molecule has 3 aliphatic heterocycles. The Labute approximate surface area is 136 Å². The van der Waals surface area contributed by atoms with E-state index in [1.807, 2.05) is 4.90 Å². The number of fused-ring (bicyclic) bond motifs is 4. The van der Waals surface area contributed by atoms with Gasteiger partial charge in [0.25, 0.3) is 5.91 Å². The second-order valence-electron chi connectivity index (χ2n) is 6.46. The van der Waals surface area contributed by atoms with E-state index in [-0.39, 0.29) is 11.7 Å². The lowest BCUT2D eigenvalue weighted by Crippen LogP contribution is -2.44. The van der Waals surface area contributed by atoms with Gasteiger partial charge >= 0.3 is 0 Å². The standard InChI is InChI=1S/C17H23ClN2O2/c1-2-7-19-9-12-3-5-14(19)11-20(10-12)17(22)15-6-4-13(18)8-16(15)21/h4,6,8,12,14,21H,2-3,5,7,9-11H2,1H3/t12-,14-/m0/s1. The summed E-state index contributed by atoms with van der Waals surface area (Å²) in [5.74, 6) is 0.438. The van der Waals surface area contributed by atoms with E-state index in [4.69, 9.17) is 11.6 Å². The number of aromatic hydroxyl groups is 1. The number of piperidine rings is 1. The molecule has 1 amide bonds. The van der Waals surface area contributed by atoms with Gasteiger partial charge in [0.2, 0.25) is 0 Å². The highest BCUT2D eigenvalue weighted by atomic mass is 35.5. The van der Waals surface area contributed by atoms with Crippen LogP contribution in [0.5, 0.6) is 5.75 Å². The SMILES string of the molecule is CCCN1C[C@@H]2CC[C@H]1CN(C(=O)c1ccc(Cl)cc1O)C2. The zero-order valence-electron chi connectivity index (χ0n) is 13.0. The van der Waals surface area contributed by atoms with Gasteiger partial charge < -0.3 is 10.0 Å². The van der Waals surface area contributed by atoms with Crippen LogP contribution in [0.15, 0.2) is 18.2 Å². The fourth-order valence-electron chi connectivity index (χ4n) is 3.76. The lowest BCUT2D eigenvalue weighted by molar-refractivity contribution is 0.0735. The Hall–Kier alpha value is -1.26. The van der Waals surface area contributed by atoms with E-state index < -0.39 is 0 Å². The minimum Gasteiger partial charge on any atom is -0.507 e. The molecule has 1 aromatic rings. The predicted octanol–water partition coefficient (Wildman–Crippen LogP) is 2.99. The first-order valence-corrected chi connectivity index (χ1v) is 8.48. The molecule has 3 heterocycles. The van der Waals surface area contributed by atoms with Crippen molar-refractivity contribution in [2.75, 3.05) is 26.2 Å². The number of hydrogen-bond donors (Lipinski definition) is 1. The van der Waals surface area contributed by atoms with Gasteiger partial charge in [-0.2, -0.15) is 0 Å². The van der Waals surface area contributed by atoms with Crippen LogP contribution < -0.4 is 0 Å². The van der Waals surface area contributed by atoms with Gasteiger partial charge in [0, 0.05) is 30.7 Å². The van der Waals surface area contributed by atoms with E-state index in [1.165, 1.54) is 18.9 Å². The fraction of sp³-hybridized carbons (Fsp3) is 0.588. The molecule has 4 rings (SSSR count). The van der Waals surface area contributed by atoms with Crippen molar-refractivity contribution in [1.82, 2.24) is 9.80 Å². The van der Waals surface area contributed by atoms with Crippen LogP contribution in [0.25, 0.3) is 0 Å². The molecule has 1 N–H and O–H groups in total. The zero-order valence-corrected chi connectivity index (χ0v) is 13.7. The van der Waals surface area contributed by atoms with Gasteiger partial charge in [0.1, 0.15) is 5.75 Å². The number of amides is 1. The molecule has 0 aromatic heterocycles. The van der Waals surface area contributed by atoms with E-state index in [0.29, 0.717) is 22.5 Å². The molecule has 0 spiro atoms. The number of halogens is 1. The smallest absolute Gasteiger partial charge is 0.257 e. The summed E-state index contributed by atoms with van der Waals surface area (Å²) in [6.45, 7) is 5.95. The molecule has 0 saturated carbocycles. The Morgan fingerprint density at radius 3 is 2.86 bits per heavy atom. The van der Waals surface area contributed by atoms with Crippen molar-refractivity contribution in [2.45, 2.75) is 32.2 Å². The lowest BCUT2D eigenvalue weighted by atomic mass is 9.95.